The summed E-state index contributed by atoms with van der Waals surface area (Å²) in [5, 5.41) is 1.10. The average Bonchev–Trinajstić information content (AvgIpc) is 3.04. The summed E-state index contributed by atoms with van der Waals surface area (Å²) in [6, 6.07) is 7.66. The molecule has 1 aromatic carbocycles. The summed E-state index contributed by atoms with van der Waals surface area (Å²) in [4.78, 5) is 30.8. The minimum atomic E-state index is -0.332. The van der Waals surface area contributed by atoms with Crippen molar-refractivity contribution in [3.8, 4) is 0 Å². The molecule has 0 unspecified atom stereocenters. The fourth-order valence-electron chi connectivity index (χ4n) is 2.93. The second-order valence-electron chi connectivity index (χ2n) is 5.67. The highest BCUT2D eigenvalue weighted by Crippen LogP contribution is 2.26. The van der Waals surface area contributed by atoms with E-state index in [9.17, 15) is 9.59 Å². The third-order valence-electron chi connectivity index (χ3n) is 4.07. The zero-order valence-electron chi connectivity index (χ0n) is 12.3. The van der Waals surface area contributed by atoms with E-state index in [1.54, 1.807) is 23.9 Å². The molecule has 110 valence electrons. The number of rotatable bonds is 3. The van der Waals surface area contributed by atoms with Gasteiger partial charge in [0.05, 0.1) is 0 Å². The predicted octanol–water partition coefficient (Wildman–Crippen LogP) is 1.75. The SMILES string of the molecule is CN(C)C(=O)[C@@H]1CCC(=O)N1Cc1c[nH]c2ccccc12. The number of nitrogens with zero attached hydrogens (tertiary/aromatic N) is 2. The quantitative estimate of drug-likeness (QED) is 0.934. The highest BCUT2D eigenvalue weighted by atomic mass is 16.2. The number of nitrogens with one attached hydrogen (secondary N) is 1. The number of likely N-dealkylation sites (tertiary alicyclic amines) is 1. The van der Waals surface area contributed by atoms with Crippen molar-refractivity contribution in [3.63, 3.8) is 0 Å². The van der Waals surface area contributed by atoms with Crippen molar-refractivity contribution in [1.82, 2.24) is 14.8 Å². The molecule has 2 amide bonds. The average molecular weight is 285 g/mol. The van der Waals surface area contributed by atoms with E-state index >= 15 is 0 Å². The Balaban J connectivity index is 1.88. The largest absolute Gasteiger partial charge is 0.361 e. The number of benzene rings is 1. The molecule has 0 radical (unpaired) electrons. The second-order valence-corrected chi connectivity index (χ2v) is 5.67. The molecular formula is C16H19N3O2. The summed E-state index contributed by atoms with van der Waals surface area (Å²) >= 11 is 0. The lowest BCUT2D eigenvalue weighted by atomic mass is 10.1. The fraction of sp³-hybridized carbons (Fsp3) is 0.375. The molecule has 1 aromatic heterocycles. The van der Waals surface area contributed by atoms with Crippen LogP contribution in [-0.4, -0.2) is 46.7 Å². The van der Waals surface area contributed by atoms with Crippen LogP contribution in [0.3, 0.4) is 0 Å². The maximum absolute atomic E-state index is 12.2. The van der Waals surface area contributed by atoms with Crippen LogP contribution in [0.2, 0.25) is 0 Å². The molecule has 2 heterocycles. The maximum atomic E-state index is 12.2. The Labute approximate surface area is 123 Å². The van der Waals surface area contributed by atoms with Crippen molar-refractivity contribution in [3.05, 3.63) is 36.0 Å². The molecule has 5 heteroatoms. The molecule has 0 aliphatic carbocycles. The number of amides is 2. The van der Waals surface area contributed by atoms with Crippen molar-refractivity contribution in [2.75, 3.05) is 14.1 Å². The summed E-state index contributed by atoms with van der Waals surface area (Å²) in [7, 11) is 3.46. The molecule has 1 fully saturated rings. The van der Waals surface area contributed by atoms with Crippen molar-refractivity contribution < 1.29 is 9.59 Å². The Morgan fingerprint density at radius 2 is 2.14 bits per heavy atom. The van der Waals surface area contributed by atoms with Crippen LogP contribution in [0, 0.1) is 0 Å². The van der Waals surface area contributed by atoms with Gasteiger partial charge in [0.25, 0.3) is 0 Å². The lowest BCUT2D eigenvalue weighted by molar-refractivity contribution is -0.140. The summed E-state index contributed by atoms with van der Waals surface area (Å²) in [6.07, 6.45) is 2.98. The number of likely N-dealkylation sites (N-methyl/N-ethyl adjacent to an activating group) is 1. The van der Waals surface area contributed by atoms with Crippen LogP contribution >= 0.6 is 0 Å². The number of aromatic amines is 1. The van der Waals surface area contributed by atoms with Gasteiger partial charge in [0.1, 0.15) is 6.04 Å². The maximum Gasteiger partial charge on any atom is 0.244 e. The normalized spacial score (nSPS) is 18.5. The van der Waals surface area contributed by atoms with Gasteiger partial charge in [-0.2, -0.15) is 0 Å². The van der Waals surface area contributed by atoms with E-state index in [1.807, 2.05) is 30.5 Å². The van der Waals surface area contributed by atoms with Crippen molar-refractivity contribution in [1.29, 1.82) is 0 Å². The Bertz CT molecular complexity index is 690. The van der Waals surface area contributed by atoms with E-state index in [-0.39, 0.29) is 17.9 Å². The monoisotopic (exact) mass is 285 g/mol. The number of carbonyl (C=O) groups is 2. The van der Waals surface area contributed by atoms with Crippen molar-refractivity contribution in [2.24, 2.45) is 0 Å². The van der Waals surface area contributed by atoms with Gasteiger partial charge < -0.3 is 14.8 Å². The second kappa shape index (κ2) is 5.24. The molecule has 1 aliphatic rings. The lowest BCUT2D eigenvalue weighted by Crippen LogP contribution is -2.43. The zero-order chi connectivity index (χ0) is 15.0. The van der Waals surface area contributed by atoms with Crippen molar-refractivity contribution in [2.45, 2.75) is 25.4 Å². The first-order chi connectivity index (χ1) is 10.1. The number of H-pyrrole nitrogens is 1. The van der Waals surface area contributed by atoms with Gasteiger partial charge >= 0.3 is 0 Å². The third kappa shape index (κ3) is 2.39. The first-order valence-electron chi connectivity index (χ1n) is 7.13. The third-order valence-corrected chi connectivity index (χ3v) is 4.07. The highest BCUT2D eigenvalue weighted by Gasteiger charge is 2.36. The number of fused-ring (bicyclic) bond motifs is 1. The zero-order valence-corrected chi connectivity index (χ0v) is 12.3. The Hall–Kier alpha value is -2.30. The molecule has 1 atom stereocenters. The van der Waals surface area contributed by atoms with Gasteiger partial charge in [-0.3, -0.25) is 9.59 Å². The summed E-state index contributed by atoms with van der Waals surface area (Å²) in [6.45, 7) is 0.479. The standard InChI is InChI=1S/C16H19N3O2/c1-18(2)16(21)14-7-8-15(20)19(14)10-11-9-17-13-6-4-3-5-12(11)13/h3-6,9,14,17H,7-8,10H2,1-2H3/t14-/m0/s1. The minimum absolute atomic E-state index is 0.000640. The van der Waals surface area contributed by atoms with Crippen LogP contribution in [0.4, 0.5) is 0 Å². The van der Waals surface area contributed by atoms with Crippen molar-refractivity contribution >= 4 is 22.7 Å². The van der Waals surface area contributed by atoms with Gasteiger partial charge in [-0.25, -0.2) is 0 Å². The molecule has 0 bridgehead atoms. The van der Waals surface area contributed by atoms with Gasteiger partial charge in [0.15, 0.2) is 0 Å². The van der Waals surface area contributed by atoms with Gasteiger partial charge in [-0.1, -0.05) is 18.2 Å². The molecule has 21 heavy (non-hydrogen) atoms. The lowest BCUT2D eigenvalue weighted by Gasteiger charge is -2.26. The Morgan fingerprint density at radius 1 is 1.38 bits per heavy atom. The van der Waals surface area contributed by atoms with Crippen LogP contribution in [0.15, 0.2) is 30.5 Å². The molecule has 1 N–H and O–H groups in total. The van der Waals surface area contributed by atoms with Gasteiger partial charge in [0, 0.05) is 44.2 Å². The van der Waals surface area contributed by atoms with Crippen LogP contribution in [0.1, 0.15) is 18.4 Å². The molecule has 3 rings (SSSR count). The van der Waals surface area contributed by atoms with Crippen LogP contribution in [-0.2, 0) is 16.1 Å². The van der Waals surface area contributed by atoms with Crippen LogP contribution in [0.25, 0.3) is 10.9 Å². The molecule has 1 saturated heterocycles. The van der Waals surface area contributed by atoms with Gasteiger partial charge in [0.2, 0.25) is 11.8 Å². The first-order valence-corrected chi connectivity index (χ1v) is 7.13. The molecular weight excluding hydrogens is 266 g/mol. The molecule has 0 saturated carbocycles. The topological polar surface area (TPSA) is 56.4 Å². The van der Waals surface area contributed by atoms with E-state index < -0.39 is 0 Å². The molecule has 1 aliphatic heterocycles. The number of aromatic nitrogens is 1. The molecule has 0 spiro atoms. The van der Waals surface area contributed by atoms with E-state index in [4.69, 9.17) is 0 Å². The predicted molar refractivity (Wildman–Crippen MR) is 80.6 cm³/mol. The van der Waals surface area contributed by atoms with E-state index in [0.29, 0.717) is 19.4 Å². The Morgan fingerprint density at radius 3 is 2.90 bits per heavy atom. The number of carbonyl (C=O) groups excluding carboxylic acids is 2. The van der Waals surface area contributed by atoms with Crippen LogP contribution in [0.5, 0.6) is 0 Å². The van der Waals surface area contributed by atoms with Gasteiger partial charge in [-0.15, -0.1) is 0 Å². The van der Waals surface area contributed by atoms with Gasteiger partial charge in [-0.05, 0) is 18.1 Å². The highest BCUT2D eigenvalue weighted by molar-refractivity contribution is 5.91. The Kier molecular flexibility index (Phi) is 3.41. The van der Waals surface area contributed by atoms with E-state index in [0.717, 1.165) is 16.5 Å². The minimum Gasteiger partial charge on any atom is -0.361 e. The van der Waals surface area contributed by atoms with E-state index in [2.05, 4.69) is 4.98 Å². The molecule has 5 nitrogen and oxygen atoms in total. The summed E-state index contributed by atoms with van der Waals surface area (Å²) < 4.78 is 0. The van der Waals surface area contributed by atoms with E-state index in [1.165, 1.54) is 0 Å². The number of hydrogen-bond donors (Lipinski definition) is 1. The number of para-hydroxylation sites is 1. The fourth-order valence-corrected chi connectivity index (χ4v) is 2.93. The van der Waals surface area contributed by atoms with Crippen LogP contribution < -0.4 is 0 Å². The first kappa shape index (κ1) is 13.7. The summed E-state index contributed by atoms with van der Waals surface area (Å²) in [5.41, 5.74) is 2.10. The molecule has 2 aromatic rings. The smallest absolute Gasteiger partial charge is 0.244 e. The summed E-state index contributed by atoms with van der Waals surface area (Å²) in [5.74, 6) is 0.0566. The number of hydrogen-bond acceptors (Lipinski definition) is 2.